The van der Waals surface area contributed by atoms with Crippen molar-refractivity contribution in [3.05, 3.63) is 12.7 Å². The van der Waals surface area contributed by atoms with Crippen molar-refractivity contribution in [3.8, 4) is 0 Å². The number of alkyl carbamates (subject to hydrolysis) is 1. The summed E-state index contributed by atoms with van der Waals surface area (Å²) in [6.45, 7) is 15.8. The molecular formula is C22H42N2O7. The molecule has 0 radical (unpaired) electrons. The topological polar surface area (TPSA) is 114 Å². The summed E-state index contributed by atoms with van der Waals surface area (Å²) in [5, 5.41) is 11.4. The number of methoxy groups -OCH3 is 1. The number of hydrogen-bond acceptors (Lipinski definition) is 6. The van der Waals surface area contributed by atoms with E-state index in [4.69, 9.17) is 19.3 Å². The van der Waals surface area contributed by atoms with Crippen molar-refractivity contribution in [1.82, 2.24) is 10.2 Å². The van der Waals surface area contributed by atoms with Crippen molar-refractivity contribution >= 4 is 18.0 Å². The van der Waals surface area contributed by atoms with Crippen LogP contribution in [0.3, 0.4) is 0 Å². The zero-order valence-electron chi connectivity index (χ0n) is 20.3. The molecule has 0 aromatic heterocycles. The van der Waals surface area contributed by atoms with E-state index in [1.54, 1.807) is 12.0 Å². The van der Waals surface area contributed by atoms with Crippen LogP contribution >= 0.6 is 0 Å². The number of carboxylic acid groups (broad SMARTS) is 1. The Bertz CT molecular complexity index is 544. The van der Waals surface area contributed by atoms with Crippen molar-refractivity contribution in [2.75, 3.05) is 46.6 Å². The van der Waals surface area contributed by atoms with Gasteiger partial charge >= 0.3 is 12.1 Å². The second-order valence-corrected chi connectivity index (χ2v) is 7.60. The lowest BCUT2D eigenvalue weighted by Gasteiger charge is -2.51. The van der Waals surface area contributed by atoms with E-state index < -0.39 is 29.7 Å². The molecule has 182 valence electrons. The quantitative estimate of drug-likeness (QED) is 0.469. The Balaban J connectivity index is 0. The maximum absolute atomic E-state index is 12.6. The van der Waals surface area contributed by atoms with Crippen LogP contribution in [0.25, 0.3) is 0 Å². The molecule has 31 heavy (non-hydrogen) atoms. The van der Waals surface area contributed by atoms with Gasteiger partial charge in [-0.2, -0.15) is 0 Å². The van der Waals surface area contributed by atoms with Crippen LogP contribution in [0.2, 0.25) is 0 Å². The zero-order chi connectivity index (χ0) is 24.5. The van der Waals surface area contributed by atoms with Crippen LogP contribution in [0.4, 0.5) is 4.79 Å². The van der Waals surface area contributed by atoms with Gasteiger partial charge in [-0.05, 0) is 6.42 Å². The van der Waals surface area contributed by atoms with Crippen LogP contribution in [0.5, 0.6) is 0 Å². The summed E-state index contributed by atoms with van der Waals surface area (Å²) >= 11 is 0. The third kappa shape index (κ3) is 12.3. The molecule has 0 bridgehead atoms. The highest BCUT2D eigenvalue weighted by molar-refractivity contribution is 5.83. The van der Waals surface area contributed by atoms with Crippen LogP contribution in [0, 0.1) is 5.41 Å². The highest BCUT2D eigenvalue weighted by Crippen LogP contribution is 2.32. The summed E-state index contributed by atoms with van der Waals surface area (Å²) in [6.07, 6.45) is 2.59. The largest absolute Gasteiger partial charge is 0.480 e. The Morgan fingerprint density at radius 3 is 2.23 bits per heavy atom. The zero-order valence-corrected chi connectivity index (χ0v) is 20.3. The van der Waals surface area contributed by atoms with Gasteiger partial charge in [-0.15, -0.1) is 0 Å². The van der Waals surface area contributed by atoms with E-state index in [0.717, 1.165) is 0 Å². The van der Waals surface area contributed by atoms with Gasteiger partial charge in [0.15, 0.2) is 0 Å². The number of hydrogen-bond donors (Lipinski definition) is 2. The van der Waals surface area contributed by atoms with Crippen molar-refractivity contribution in [2.45, 2.75) is 60.0 Å². The molecule has 1 saturated heterocycles. The Labute approximate surface area is 187 Å². The molecule has 0 atom stereocenters. The van der Waals surface area contributed by atoms with Crippen LogP contribution in [-0.4, -0.2) is 80.1 Å². The Kier molecular flexibility index (Phi) is 16.6. The van der Waals surface area contributed by atoms with Crippen molar-refractivity contribution in [1.29, 1.82) is 0 Å². The highest BCUT2D eigenvalue weighted by atomic mass is 16.6. The molecule has 1 rings (SSSR count). The van der Waals surface area contributed by atoms with Crippen molar-refractivity contribution in [3.63, 3.8) is 0 Å². The minimum Gasteiger partial charge on any atom is -0.480 e. The van der Waals surface area contributed by atoms with Gasteiger partial charge in [0, 0.05) is 19.1 Å². The molecule has 2 N–H and O–H groups in total. The maximum Gasteiger partial charge on any atom is 0.407 e. The monoisotopic (exact) mass is 446 g/mol. The van der Waals surface area contributed by atoms with E-state index in [1.807, 2.05) is 27.7 Å². The predicted octanol–water partition coefficient (Wildman–Crippen LogP) is 3.09. The summed E-state index contributed by atoms with van der Waals surface area (Å²) in [6, 6.07) is 0. The maximum atomic E-state index is 12.6. The number of carbonyl (C=O) groups is 3. The number of carboxylic acids is 1. The summed E-state index contributed by atoms with van der Waals surface area (Å²) < 4.78 is 15.3. The van der Waals surface area contributed by atoms with Gasteiger partial charge in [-0.1, -0.05) is 60.6 Å². The molecule has 0 aromatic rings. The first-order chi connectivity index (χ1) is 14.6. The summed E-state index contributed by atoms with van der Waals surface area (Å²) in [7, 11) is 1.58. The Morgan fingerprint density at radius 2 is 1.77 bits per heavy atom. The summed E-state index contributed by atoms with van der Waals surface area (Å²) in [5.74, 6) is -1.19. The average Bonchev–Trinajstić information content (AvgIpc) is 2.71. The molecule has 9 nitrogen and oxygen atoms in total. The van der Waals surface area contributed by atoms with Crippen LogP contribution in [0.15, 0.2) is 12.7 Å². The fourth-order valence-corrected chi connectivity index (χ4v) is 2.57. The molecule has 0 aliphatic carbocycles. The van der Waals surface area contributed by atoms with E-state index in [2.05, 4.69) is 25.7 Å². The van der Waals surface area contributed by atoms with Gasteiger partial charge in [0.25, 0.3) is 0 Å². The second-order valence-electron chi connectivity index (χ2n) is 7.60. The number of aliphatic carboxylic acids is 1. The van der Waals surface area contributed by atoms with E-state index in [9.17, 15) is 14.4 Å². The van der Waals surface area contributed by atoms with Gasteiger partial charge in [0.1, 0.15) is 18.8 Å². The van der Waals surface area contributed by atoms with Gasteiger partial charge < -0.3 is 29.5 Å². The van der Waals surface area contributed by atoms with Gasteiger partial charge in [0.2, 0.25) is 5.91 Å². The van der Waals surface area contributed by atoms with Crippen LogP contribution in [0.1, 0.15) is 54.4 Å². The first kappa shape index (κ1) is 31.1. The normalized spacial score (nSPS) is 14.0. The summed E-state index contributed by atoms with van der Waals surface area (Å²) in [5.41, 5.74) is -1.55. The number of amides is 2. The number of carbonyl (C=O) groups excluding carboxylic acids is 2. The third-order valence-electron chi connectivity index (χ3n) is 4.14. The second kappa shape index (κ2) is 16.5. The first-order valence-corrected chi connectivity index (χ1v) is 10.7. The number of rotatable bonds is 11. The van der Waals surface area contributed by atoms with Crippen LogP contribution in [-0.2, 0) is 23.8 Å². The molecule has 0 saturated carbocycles. The van der Waals surface area contributed by atoms with Crippen molar-refractivity contribution in [2.24, 2.45) is 5.41 Å². The number of ether oxygens (including phenoxy) is 3. The van der Waals surface area contributed by atoms with E-state index >= 15 is 0 Å². The average molecular weight is 447 g/mol. The minimum absolute atomic E-state index is 0.0402. The molecule has 0 spiro atoms. The van der Waals surface area contributed by atoms with Gasteiger partial charge in [-0.25, -0.2) is 9.59 Å². The fourth-order valence-electron chi connectivity index (χ4n) is 2.57. The number of likely N-dealkylation sites (tertiary alicyclic amines) is 1. The SMILES string of the molecule is C=CCOC(=O)NCC1(OCC(=O)O)CN(C(=O)C(C)(C)CCOC)C1.CC.CCC. The standard InChI is InChI=1S/C17H28N2O7.C3H8.C2H6/c1-5-7-25-15(23)18-10-17(26-9-13(20)21)11-19(12-17)14(22)16(2,3)6-8-24-4;1-3-2;1-2/h5H,1,6-12H2,2-4H3,(H,18,23)(H,20,21);3H2,1-2H3;1-2H3. The molecule has 2 amide bonds. The molecule has 1 heterocycles. The van der Waals surface area contributed by atoms with E-state index in [-0.39, 0.29) is 32.1 Å². The minimum atomic E-state index is -1.12. The Morgan fingerprint density at radius 1 is 1.23 bits per heavy atom. The van der Waals surface area contributed by atoms with Gasteiger partial charge in [-0.3, -0.25) is 4.79 Å². The smallest absolute Gasteiger partial charge is 0.407 e. The number of nitrogens with one attached hydrogen (secondary N) is 1. The molecule has 0 unspecified atom stereocenters. The molecule has 1 aliphatic rings. The van der Waals surface area contributed by atoms with E-state index in [1.165, 1.54) is 12.5 Å². The van der Waals surface area contributed by atoms with E-state index in [0.29, 0.717) is 13.0 Å². The summed E-state index contributed by atoms with van der Waals surface area (Å²) in [4.78, 5) is 36.6. The molecule has 1 aliphatic heterocycles. The van der Waals surface area contributed by atoms with Gasteiger partial charge in [0.05, 0.1) is 19.6 Å². The lowest BCUT2D eigenvalue weighted by Crippen LogP contribution is -2.70. The Hall–Kier alpha value is -2.13. The van der Waals surface area contributed by atoms with Crippen molar-refractivity contribution < 1.29 is 33.7 Å². The lowest BCUT2D eigenvalue weighted by atomic mass is 9.84. The number of nitrogens with zero attached hydrogens (tertiary/aromatic N) is 1. The van der Waals surface area contributed by atoms with Crippen LogP contribution < -0.4 is 5.32 Å². The predicted molar refractivity (Wildman–Crippen MR) is 120 cm³/mol. The molecular weight excluding hydrogens is 404 g/mol. The third-order valence-corrected chi connectivity index (χ3v) is 4.14. The molecule has 1 fully saturated rings. The highest BCUT2D eigenvalue weighted by Gasteiger charge is 2.49. The lowest BCUT2D eigenvalue weighted by molar-refractivity contribution is -0.181. The first-order valence-electron chi connectivity index (χ1n) is 10.7. The molecule has 9 heteroatoms. The molecule has 0 aromatic carbocycles. The fraction of sp³-hybridized carbons (Fsp3) is 0.773.